The number of rotatable bonds is 7. The van der Waals surface area contributed by atoms with Crippen LogP contribution in [0.5, 0.6) is 0 Å². The maximum Gasteiger partial charge on any atom is 0.120 e. The standard InChI is InChI=1S/C16H28N2O/c1-4-6-14-7-8-18(11-14)12-15-9-13(3)16(19-15)10-17-5-2/h9,14,17H,4-8,10-12H2,1-3H3. The Morgan fingerprint density at radius 1 is 1.42 bits per heavy atom. The van der Waals surface area contributed by atoms with Crippen molar-refractivity contribution in [3.8, 4) is 0 Å². The molecule has 1 unspecified atom stereocenters. The lowest BCUT2D eigenvalue weighted by Crippen LogP contribution is -2.19. The third-order valence-electron chi connectivity index (χ3n) is 4.05. The molecule has 0 aromatic carbocycles. The van der Waals surface area contributed by atoms with Crippen molar-refractivity contribution in [3.05, 3.63) is 23.2 Å². The predicted molar refractivity (Wildman–Crippen MR) is 79.1 cm³/mol. The number of nitrogens with one attached hydrogen (secondary N) is 1. The monoisotopic (exact) mass is 264 g/mol. The molecule has 0 aliphatic carbocycles. The van der Waals surface area contributed by atoms with Gasteiger partial charge in [-0.25, -0.2) is 0 Å². The Balaban J connectivity index is 1.86. The fraction of sp³-hybridized carbons (Fsp3) is 0.750. The van der Waals surface area contributed by atoms with Crippen LogP contribution in [0.4, 0.5) is 0 Å². The average Bonchev–Trinajstić information content (AvgIpc) is 2.95. The molecule has 3 nitrogen and oxygen atoms in total. The minimum absolute atomic E-state index is 0.848. The van der Waals surface area contributed by atoms with Gasteiger partial charge in [0.25, 0.3) is 0 Å². The van der Waals surface area contributed by atoms with E-state index in [-0.39, 0.29) is 0 Å². The van der Waals surface area contributed by atoms with E-state index in [1.165, 1.54) is 37.9 Å². The van der Waals surface area contributed by atoms with E-state index in [2.05, 4.69) is 37.1 Å². The Bertz CT molecular complexity index is 386. The molecule has 1 N–H and O–H groups in total. The van der Waals surface area contributed by atoms with Gasteiger partial charge in [-0.1, -0.05) is 20.3 Å². The number of furan rings is 1. The summed E-state index contributed by atoms with van der Waals surface area (Å²) in [6.45, 7) is 11.8. The molecule has 1 saturated heterocycles. The summed E-state index contributed by atoms with van der Waals surface area (Å²) in [7, 11) is 0. The molecule has 19 heavy (non-hydrogen) atoms. The smallest absolute Gasteiger partial charge is 0.120 e. The zero-order valence-electron chi connectivity index (χ0n) is 12.7. The fourth-order valence-corrected chi connectivity index (χ4v) is 3.00. The molecule has 3 heteroatoms. The zero-order chi connectivity index (χ0) is 13.7. The van der Waals surface area contributed by atoms with E-state index in [1.807, 2.05) is 0 Å². The van der Waals surface area contributed by atoms with Crippen LogP contribution < -0.4 is 5.32 Å². The van der Waals surface area contributed by atoms with Gasteiger partial charge in [0, 0.05) is 6.54 Å². The van der Waals surface area contributed by atoms with Gasteiger partial charge in [-0.15, -0.1) is 0 Å². The van der Waals surface area contributed by atoms with E-state index in [0.717, 1.165) is 37.1 Å². The summed E-state index contributed by atoms with van der Waals surface area (Å²) in [5.41, 5.74) is 1.28. The molecule has 1 atom stereocenters. The average molecular weight is 264 g/mol. The van der Waals surface area contributed by atoms with Crippen molar-refractivity contribution in [2.45, 2.75) is 53.1 Å². The Labute approximate surface area is 117 Å². The van der Waals surface area contributed by atoms with Crippen LogP contribution in [0.15, 0.2) is 10.5 Å². The van der Waals surface area contributed by atoms with Gasteiger partial charge in [-0.05, 0) is 50.4 Å². The van der Waals surface area contributed by atoms with Gasteiger partial charge in [0.15, 0.2) is 0 Å². The maximum atomic E-state index is 5.97. The Kier molecular flexibility index (Phi) is 5.46. The number of nitrogens with zero attached hydrogens (tertiary/aromatic N) is 1. The van der Waals surface area contributed by atoms with Crippen molar-refractivity contribution in [2.24, 2.45) is 5.92 Å². The van der Waals surface area contributed by atoms with Gasteiger partial charge in [0.1, 0.15) is 11.5 Å². The zero-order valence-corrected chi connectivity index (χ0v) is 12.7. The van der Waals surface area contributed by atoms with Gasteiger partial charge in [-0.3, -0.25) is 4.90 Å². The molecule has 1 aromatic heterocycles. The molecule has 1 aromatic rings. The summed E-state index contributed by atoms with van der Waals surface area (Å²) in [6.07, 6.45) is 4.04. The highest BCUT2D eigenvalue weighted by atomic mass is 16.3. The number of likely N-dealkylation sites (tertiary alicyclic amines) is 1. The second-order valence-electron chi connectivity index (χ2n) is 5.78. The first-order valence-corrected chi connectivity index (χ1v) is 7.74. The van der Waals surface area contributed by atoms with Crippen LogP contribution in [0, 0.1) is 12.8 Å². The van der Waals surface area contributed by atoms with E-state index in [4.69, 9.17) is 4.42 Å². The van der Waals surface area contributed by atoms with E-state index in [1.54, 1.807) is 0 Å². The van der Waals surface area contributed by atoms with Crippen LogP contribution >= 0.6 is 0 Å². The third kappa shape index (κ3) is 4.08. The number of hydrogen-bond acceptors (Lipinski definition) is 3. The summed E-state index contributed by atoms with van der Waals surface area (Å²) in [5.74, 6) is 3.13. The van der Waals surface area contributed by atoms with E-state index in [9.17, 15) is 0 Å². The molecule has 0 spiro atoms. The molecular formula is C16H28N2O. The van der Waals surface area contributed by atoms with Crippen molar-refractivity contribution in [3.63, 3.8) is 0 Å². The molecule has 0 radical (unpaired) electrons. The first-order valence-electron chi connectivity index (χ1n) is 7.74. The van der Waals surface area contributed by atoms with Crippen molar-refractivity contribution in [1.29, 1.82) is 0 Å². The highest BCUT2D eigenvalue weighted by Gasteiger charge is 2.22. The SMILES string of the molecule is CCCC1CCN(Cc2cc(C)c(CNCC)o2)C1. The lowest BCUT2D eigenvalue weighted by molar-refractivity contribution is 0.279. The second kappa shape index (κ2) is 7.11. The minimum atomic E-state index is 0.848. The van der Waals surface area contributed by atoms with Crippen LogP contribution in [0.1, 0.15) is 50.2 Å². The Morgan fingerprint density at radius 3 is 3.00 bits per heavy atom. The molecule has 0 bridgehead atoms. The van der Waals surface area contributed by atoms with Gasteiger partial charge in [0.05, 0.1) is 13.1 Å². The number of aryl methyl sites for hydroxylation is 1. The lowest BCUT2D eigenvalue weighted by atomic mass is 10.0. The van der Waals surface area contributed by atoms with Crippen molar-refractivity contribution >= 4 is 0 Å². The summed E-state index contributed by atoms with van der Waals surface area (Å²) in [4.78, 5) is 2.54. The summed E-state index contributed by atoms with van der Waals surface area (Å²) in [5, 5.41) is 3.33. The highest BCUT2D eigenvalue weighted by molar-refractivity contribution is 5.20. The van der Waals surface area contributed by atoms with Crippen molar-refractivity contribution in [2.75, 3.05) is 19.6 Å². The second-order valence-corrected chi connectivity index (χ2v) is 5.78. The fourth-order valence-electron chi connectivity index (χ4n) is 3.00. The molecule has 108 valence electrons. The minimum Gasteiger partial charge on any atom is -0.463 e. The van der Waals surface area contributed by atoms with Crippen LogP contribution in [0.25, 0.3) is 0 Å². The molecule has 2 heterocycles. The van der Waals surface area contributed by atoms with E-state index < -0.39 is 0 Å². The molecule has 0 saturated carbocycles. The largest absolute Gasteiger partial charge is 0.463 e. The van der Waals surface area contributed by atoms with Crippen LogP contribution in [-0.2, 0) is 13.1 Å². The normalized spacial score (nSPS) is 20.3. The van der Waals surface area contributed by atoms with E-state index >= 15 is 0 Å². The van der Waals surface area contributed by atoms with Gasteiger partial charge in [0.2, 0.25) is 0 Å². The molecule has 1 fully saturated rings. The van der Waals surface area contributed by atoms with Gasteiger partial charge in [-0.2, -0.15) is 0 Å². The maximum absolute atomic E-state index is 5.97. The first-order chi connectivity index (χ1) is 9.22. The molecule has 2 rings (SSSR count). The topological polar surface area (TPSA) is 28.4 Å². The van der Waals surface area contributed by atoms with Crippen LogP contribution in [-0.4, -0.2) is 24.5 Å². The van der Waals surface area contributed by atoms with Gasteiger partial charge >= 0.3 is 0 Å². The van der Waals surface area contributed by atoms with Crippen LogP contribution in [0.3, 0.4) is 0 Å². The third-order valence-corrected chi connectivity index (χ3v) is 4.05. The first kappa shape index (κ1) is 14.6. The van der Waals surface area contributed by atoms with Crippen molar-refractivity contribution in [1.82, 2.24) is 10.2 Å². The lowest BCUT2D eigenvalue weighted by Gasteiger charge is -2.14. The predicted octanol–water partition coefficient (Wildman–Crippen LogP) is 3.32. The highest BCUT2D eigenvalue weighted by Crippen LogP contribution is 2.24. The molecular weight excluding hydrogens is 236 g/mol. The molecule has 0 amide bonds. The molecule has 1 aliphatic rings. The summed E-state index contributed by atoms with van der Waals surface area (Å²) < 4.78 is 5.97. The number of hydrogen-bond donors (Lipinski definition) is 1. The van der Waals surface area contributed by atoms with Crippen LogP contribution in [0.2, 0.25) is 0 Å². The summed E-state index contributed by atoms with van der Waals surface area (Å²) >= 11 is 0. The van der Waals surface area contributed by atoms with Crippen molar-refractivity contribution < 1.29 is 4.42 Å². The Hall–Kier alpha value is -0.800. The summed E-state index contributed by atoms with van der Waals surface area (Å²) in [6, 6.07) is 2.21. The van der Waals surface area contributed by atoms with E-state index in [0.29, 0.717) is 0 Å². The van der Waals surface area contributed by atoms with Gasteiger partial charge < -0.3 is 9.73 Å². The Morgan fingerprint density at radius 2 is 2.26 bits per heavy atom. The molecule has 1 aliphatic heterocycles. The quantitative estimate of drug-likeness (QED) is 0.819.